The van der Waals surface area contributed by atoms with Crippen molar-refractivity contribution in [2.24, 2.45) is 17.8 Å². The molecule has 1 nitrogen and oxygen atoms in total. The maximum absolute atomic E-state index is 11.7. The molecule has 0 N–H and O–H groups in total. The number of carbonyl (C=O) groups excluding carboxylic acids is 1. The highest BCUT2D eigenvalue weighted by atomic mass is 16.1. The molecule has 88 valence electrons. The molecule has 0 amide bonds. The zero-order chi connectivity index (χ0) is 11.3. The Kier molecular flexibility index (Phi) is 5.35. The van der Waals surface area contributed by atoms with E-state index in [0.717, 1.165) is 18.8 Å². The Morgan fingerprint density at radius 2 is 1.67 bits per heavy atom. The zero-order valence-electron chi connectivity index (χ0n) is 10.6. The Bertz CT molecular complexity index is 190. The number of rotatable bonds is 5. The minimum atomic E-state index is 0.475. The van der Waals surface area contributed by atoms with Gasteiger partial charge >= 0.3 is 0 Å². The summed E-state index contributed by atoms with van der Waals surface area (Å²) in [5.74, 6) is 2.45. The molecule has 1 aliphatic rings. The fourth-order valence-corrected chi connectivity index (χ4v) is 2.77. The van der Waals surface area contributed by atoms with Gasteiger partial charge in [-0.25, -0.2) is 0 Å². The van der Waals surface area contributed by atoms with Gasteiger partial charge in [-0.15, -0.1) is 0 Å². The molecule has 0 saturated heterocycles. The van der Waals surface area contributed by atoms with Crippen LogP contribution in [-0.4, -0.2) is 5.78 Å². The third kappa shape index (κ3) is 4.81. The quantitative estimate of drug-likeness (QED) is 0.664. The fourth-order valence-electron chi connectivity index (χ4n) is 2.77. The average molecular weight is 210 g/mol. The fraction of sp³-hybridized carbons (Fsp3) is 0.929. The lowest BCUT2D eigenvalue weighted by atomic mass is 9.78. The number of Topliss-reactive ketones (excluding diaryl/α,β-unsaturated/α-hetero) is 1. The SMILES string of the molecule is CC(C)CC(=O)CC(C)C1CCCCC1. The van der Waals surface area contributed by atoms with E-state index in [1.54, 1.807) is 0 Å². The summed E-state index contributed by atoms with van der Waals surface area (Å²) in [6.45, 7) is 6.53. The Morgan fingerprint density at radius 3 is 2.20 bits per heavy atom. The summed E-state index contributed by atoms with van der Waals surface area (Å²) in [6.07, 6.45) is 8.48. The van der Waals surface area contributed by atoms with Crippen LogP contribution < -0.4 is 0 Å². The van der Waals surface area contributed by atoms with Gasteiger partial charge in [0, 0.05) is 12.8 Å². The lowest BCUT2D eigenvalue weighted by Crippen LogP contribution is -2.19. The monoisotopic (exact) mass is 210 g/mol. The molecule has 0 radical (unpaired) electrons. The van der Waals surface area contributed by atoms with Crippen molar-refractivity contribution in [2.45, 2.75) is 65.7 Å². The van der Waals surface area contributed by atoms with Crippen LogP contribution in [0.15, 0.2) is 0 Å². The van der Waals surface area contributed by atoms with E-state index in [-0.39, 0.29) is 0 Å². The summed E-state index contributed by atoms with van der Waals surface area (Å²) in [5.41, 5.74) is 0. The minimum absolute atomic E-state index is 0.475. The normalized spacial score (nSPS) is 20.5. The van der Waals surface area contributed by atoms with E-state index in [1.807, 2.05) is 0 Å². The van der Waals surface area contributed by atoms with Gasteiger partial charge in [0.25, 0.3) is 0 Å². The molecule has 1 rings (SSSR count). The average Bonchev–Trinajstić information content (AvgIpc) is 2.17. The molecule has 0 aliphatic heterocycles. The van der Waals surface area contributed by atoms with Crippen molar-refractivity contribution in [3.8, 4) is 0 Å². The van der Waals surface area contributed by atoms with Crippen LogP contribution in [0.3, 0.4) is 0 Å². The number of hydrogen-bond donors (Lipinski definition) is 0. The maximum atomic E-state index is 11.7. The molecule has 1 fully saturated rings. The molecule has 1 unspecified atom stereocenters. The van der Waals surface area contributed by atoms with E-state index < -0.39 is 0 Å². The van der Waals surface area contributed by atoms with Crippen molar-refractivity contribution >= 4 is 5.78 Å². The third-order valence-corrected chi connectivity index (χ3v) is 3.64. The van der Waals surface area contributed by atoms with Crippen molar-refractivity contribution in [1.82, 2.24) is 0 Å². The van der Waals surface area contributed by atoms with Crippen LogP contribution in [0.2, 0.25) is 0 Å². The second kappa shape index (κ2) is 6.30. The topological polar surface area (TPSA) is 17.1 Å². The summed E-state index contributed by atoms with van der Waals surface area (Å²) < 4.78 is 0. The number of carbonyl (C=O) groups is 1. The number of ketones is 1. The highest BCUT2D eigenvalue weighted by Gasteiger charge is 2.22. The van der Waals surface area contributed by atoms with Gasteiger partial charge in [0.2, 0.25) is 0 Å². The molecular formula is C14H26O. The molecule has 1 saturated carbocycles. The highest BCUT2D eigenvalue weighted by Crippen LogP contribution is 2.31. The zero-order valence-corrected chi connectivity index (χ0v) is 10.6. The van der Waals surface area contributed by atoms with Gasteiger partial charge in [0.1, 0.15) is 5.78 Å². The van der Waals surface area contributed by atoms with Crippen LogP contribution in [0, 0.1) is 17.8 Å². The van der Waals surface area contributed by atoms with Crippen LogP contribution in [0.25, 0.3) is 0 Å². The van der Waals surface area contributed by atoms with E-state index >= 15 is 0 Å². The Morgan fingerprint density at radius 1 is 1.07 bits per heavy atom. The predicted octanol–water partition coefficient (Wildman–Crippen LogP) is 4.21. The van der Waals surface area contributed by atoms with Crippen LogP contribution in [0.4, 0.5) is 0 Å². The molecule has 0 bridgehead atoms. The van der Waals surface area contributed by atoms with Gasteiger partial charge in [-0.2, -0.15) is 0 Å². The van der Waals surface area contributed by atoms with Crippen molar-refractivity contribution in [2.75, 3.05) is 0 Å². The molecule has 1 atom stereocenters. The van der Waals surface area contributed by atoms with Gasteiger partial charge in [0.05, 0.1) is 0 Å². The van der Waals surface area contributed by atoms with Crippen molar-refractivity contribution in [3.05, 3.63) is 0 Å². The van der Waals surface area contributed by atoms with Crippen LogP contribution in [0.5, 0.6) is 0 Å². The molecule has 1 aliphatic carbocycles. The predicted molar refractivity (Wildman–Crippen MR) is 64.8 cm³/mol. The van der Waals surface area contributed by atoms with Crippen LogP contribution >= 0.6 is 0 Å². The smallest absolute Gasteiger partial charge is 0.133 e. The standard InChI is InChI=1S/C14H26O/c1-11(2)9-14(15)10-12(3)13-7-5-4-6-8-13/h11-13H,4-10H2,1-3H3. The Balaban J connectivity index is 2.27. The lowest BCUT2D eigenvalue weighted by molar-refractivity contribution is -0.121. The summed E-state index contributed by atoms with van der Waals surface area (Å²) in [7, 11) is 0. The molecule has 15 heavy (non-hydrogen) atoms. The van der Waals surface area contributed by atoms with Gasteiger partial charge < -0.3 is 0 Å². The molecule has 0 aromatic rings. The molecule has 1 heteroatoms. The van der Waals surface area contributed by atoms with E-state index in [4.69, 9.17) is 0 Å². The second-order valence-electron chi connectivity index (χ2n) is 5.72. The van der Waals surface area contributed by atoms with E-state index in [1.165, 1.54) is 32.1 Å². The van der Waals surface area contributed by atoms with Gasteiger partial charge in [-0.05, 0) is 17.8 Å². The van der Waals surface area contributed by atoms with E-state index in [2.05, 4.69) is 20.8 Å². The third-order valence-electron chi connectivity index (χ3n) is 3.64. The molecule has 0 spiro atoms. The first-order chi connectivity index (χ1) is 7.09. The summed E-state index contributed by atoms with van der Waals surface area (Å²) >= 11 is 0. The first kappa shape index (κ1) is 12.7. The Hall–Kier alpha value is -0.330. The first-order valence-corrected chi connectivity index (χ1v) is 6.61. The molecule has 0 heterocycles. The van der Waals surface area contributed by atoms with Gasteiger partial charge in [0.15, 0.2) is 0 Å². The molecule has 0 aromatic carbocycles. The molecular weight excluding hydrogens is 184 g/mol. The summed E-state index contributed by atoms with van der Waals surface area (Å²) in [6, 6.07) is 0. The number of hydrogen-bond acceptors (Lipinski definition) is 1. The van der Waals surface area contributed by atoms with Crippen LogP contribution in [-0.2, 0) is 4.79 Å². The van der Waals surface area contributed by atoms with Crippen molar-refractivity contribution in [3.63, 3.8) is 0 Å². The van der Waals surface area contributed by atoms with E-state index in [0.29, 0.717) is 17.6 Å². The van der Waals surface area contributed by atoms with Gasteiger partial charge in [-0.3, -0.25) is 4.79 Å². The summed E-state index contributed by atoms with van der Waals surface area (Å²) in [5, 5.41) is 0. The van der Waals surface area contributed by atoms with Gasteiger partial charge in [-0.1, -0.05) is 52.9 Å². The Labute approximate surface area is 94.6 Å². The lowest BCUT2D eigenvalue weighted by Gasteiger charge is -2.27. The maximum Gasteiger partial charge on any atom is 0.133 e. The largest absolute Gasteiger partial charge is 0.300 e. The first-order valence-electron chi connectivity index (χ1n) is 6.61. The minimum Gasteiger partial charge on any atom is -0.300 e. The van der Waals surface area contributed by atoms with E-state index in [9.17, 15) is 4.79 Å². The van der Waals surface area contributed by atoms with Crippen molar-refractivity contribution in [1.29, 1.82) is 0 Å². The molecule has 0 aromatic heterocycles. The van der Waals surface area contributed by atoms with Crippen LogP contribution in [0.1, 0.15) is 65.7 Å². The second-order valence-corrected chi connectivity index (χ2v) is 5.72. The summed E-state index contributed by atoms with van der Waals surface area (Å²) in [4.78, 5) is 11.7. The highest BCUT2D eigenvalue weighted by molar-refractivity contribution is 5.78. The van der Waals surface area contributed by atoms with Crippen molar-refractivity contribution < 1.29 is 4.79 Å².